The van der Waals surface area contributed by atoms with Crippen molar-refractivity contribution in [2.45, 2.75) is 69.8 Å². The molecule has 1 aliphatic carbocycles. The minimum atomic E-state index is -0.458. The van der Waals surface area contributed by atoms with Gasteiger partial charge in [0.1, 0.15) is 17.9 Å². The van der Waals surface area contributed by atoms with E-state index in [1.54, 1.807) is 4.90 Å². The summed E-state index contributed by atoms with van der Waals surface area (Å²) < 4.78 is 6.45. The molecule has 2 N–H and O–H groups in total. The summed E-state index contributed by atoms with van der Waals surface area (Å²) in [5.41, 5.74) is 4.06. The topological polar surface area (TPSA) is 75.0 Å². The van der Waals surface area contributed by atoms with Crippen molar-refractivity contribution in [3.63, 3.8) is 0 Å². The molecule has 5 rings (SSSR count). The average molecular weight is 471 g/mol. The molecule has 0 aromatic heterocycles. The highest BCUT2D eigenvalue weighted by molar-refractivity contribution is 6.01. The maximum Gasteiger partial charge on any atom is 0.255 e. The number of hydrogen-bond donors (Lipinski definition) is 2. The van der Waals surface area contributed by atoms with Gasteiger partial charge in [0.05, 0.1) is 6.57 Å². The molecule has 1 saturated carbocycles. The van der Waals surface area contributed by atoms with Gasteiger partial charge in [-0.25, -0.2) is 4.85 Å². The Morgan fingerprint density at radius 2 is 1.91 bits per heavy atom. The Kier molecular flexibility index (Phi) is 6.56. The van der Waals surface area contributed by atoms with Crippen LogP contribution in [0.1, 0.15) is 60.0 Å². The number of amides is 2. The highest BCUT2D eigenvalue weighted by Gasteiger charge is 2.38. The fraction of sp³-hybridized carbons (Fsp3) is 0.393. The quantitative estimate of drug-likeness (QED) is 0.611. The van der Waals surface area contributed by atoms with Crippen LogP contribution in [0.5, 0.6) is 5.75 Å². The molecule has 3 aliphatic rings. The number of rotatable bonds is 6. The third kappa shape index (κ3) is 4.94. The normalized spacial score (nSPS) is 24.0. The number of nitrogens with one attached hydrogen (secondary N) is 2. The summed E-state index contributed by atoms with van der Waals surface area (Å²) in [4.78, 5) is 30.5. The number of piperidine rings is 1. The van der Waals surface area contributed by atoms with Crippen LogP contribution in [0.2, 0.25) is 0 Å². The molecule has 2 aromatic rings. The van der Waals surface area contributed by atoms with Crippen molar-refractivity contribution in [3.05, 3.63) is 82.8 Å². The molecule has 2 amide bonds. The first-order valence-electron chi connectivity index (χ1n) is 12.3. The maximum absolute atomic E-state index is 13.0. The zero-order chi connectivity index (χ0) is 24.4. The van der Waals surface area contributed by atoms with E-state index in [1.165, 1.54) is 0 Å². The third-order valence-corrected chi connectivity index (χ3v) is 7.23. The van der Waals surface area contributed by atoms with Gasteiger partial charge in [-0.3, -0.25) is 9.59 Å². The Morgan fingerprint density at radius 3 is 2.69 bits per heavy atom. The van der Waals surface area contributed by atoms with Crippen molar-refractivity contribution >= 4 is 17.5 Å². The highest BCUT2D eigenvalue weighted by atomic mass is 16.5. The van der Waals surface area contributed by atoms with Gasteiger partial charge in [-0.1, -0.05) is 37.3 Å². The summed E-state index contributed by atoms with van der Waals surface area (Å²) in [5.74, 6) is 0.513. The van der Waals surface area contributed by atoms with Crippen LogP contribution >= 0.6 is 0 Å². The molecule has 0 bridgehead atoms. The zero-order valence-corrected chi connectivity index (χ0v) is 19.8. The molecule has 180 valence electrons. The third-order valence-electron chi connectivity index (χ3n) is 7.23. The maximum atomic E-state index is 13.0. The lowest BCUT2D eigenvalue weighted by atomic mass is 9.92. The summed E-state index contributed by atoms with van der Waals surface area (Å²) in [5, 5.41) is 6.43. The molecule has 2 heterocycles. The lowest BCUT2D eigenvalue weighted by molar-refractivity contribution is -0.126. The molecule has 7 heteroatoms. The van der Waals surface area contributed by atoms with Crippen LogP contribution in [0.15, 0.2) is 54.7 Å². The molecule has 2 aliphatic heterocycles. The minimum absolute atomic E-state index is 0.0488. The summed E-state index contributed by atoms with van der Waals surface area (Å²) in [7, 11) is 0. The fourth-order valence-electron chi connectivity index (χ4n) is 5.29. The predicted octanol–water partition coefficient (Wildman–Crippen LogP) is 4.47. The zero-order valence-electron chi connectivity index (χ0n) is 19.8. The van der Waals surface area contributed by atoms with Crippen LogP contribution < -0.4 is 15.4 Å². The van der Waals surface area contributed by atoms with E-state index in [9.17, 15) is 9.59 Å². The van der Waals surface area contributed by atoms with Crippen LogP contribution in [0, 0.1) is 6.57 Å². The average Bonchev–Trinajstić information content (AvgIpc) is 3.19. The minimum Gasteiger partial charge on any atom is -0.489 e. The SMILES string of the molecule is [C-]#[N+]c1ccc(CN[C@@H]2CCCC[C@H]2Oc2ccc3c(c2)CN(C2CCC(=C)NC2=O)C3=O)cc1. The molecule has 3 atom stereocenters. The lowest BCUT2D eigenvalue weighted by Crippen LogP contribution is -2.49. The van der Waals surface area contributed by atoms with Crippen molar-refractivity contribution in [3.8, 4) is 5.75 Å². The van der Waals surface area contributed by atoms with Gasteiger partial charge in [-0.05, 0) is 61.4 Å². The lowest BCUT2D eigenvalue weighted by Gasteiger charge is -2.33. The number of carbonyl (C=O) groups excluding carboxylic acids is 2. The number of fused-ring (bicyclic) bond motifs is 1. The number of ether oxygens (including phenoxy) is 1. The van der Waals surface area contributed by atoms with E-state index in [-0.39, 0.29) is 24.0 Å². The molecule has 1 unspecified atom stereocenters. The fourth-order valence-corrected chi connectivity index (χ4v) is 5.29. The Balaban J connectivity index is 1.24. The Morgan fingerprint density at radius 1 is 1.11 bits per heavy atom. The van der Waals surface area contributed by atoms with Crippen LogP contribution in [0.4, 0.5) is 5.69 Å². The first-order valence-corrected chi connectivity index (χ1v) is 12.3. The Hall–Kier alpha value is -3.63. The van der Waals surface area contributed by atoms with Crippen molar-refractivity contribution in [1.29, 1.82) is 0 Å². The number of carbonyl (C=O) groups is 2. The van der Waals surface area contributed by atoms with Gasteiger partial charge in [-0.15, -0.1) is 0 Å². The monoisotopic (exact) mass is 470 g/mol. The largest absolute Gasteiger partial charge is 0.489 e. The summed E-state index contributed by atoms with van der Waals surface area (Å²) >= 11 is 0. The highest BCUT2D eigenvalue weighted by Crippen LogP contribution is 2.32. The molecule has 1 saturated heterocycles. The van der Waals surface area contributed by atoms with E-state index in [1.807, 2.05) is 42.5 Å². The van der Waals surface area contributed by atoms with Crippen LogP contribution in [-0.4, -0.2) is 34.9 Å². The smallest absolute Gasteiger partial charge is 0.255 e. The Bertz CT molecular complexity index is 1180. The van der Waals surface area contributed by atoms with E-state index in [2.05, 4.69) is 22.1 Å². The van der Waals surface area contributed by atoms with Gasteiger partial charge in [0.2, 0.25) is 5.91 Å². The number of benzene rings is 2. The van der Waals surface area contributed by atoms with Crippen LogP contribution in [0.25, 0.3) is 4.85 Å². The molecule has 0 radical (unpaired) electrons. The van der Waals surface area contributed by atoms with E-state index in [4.69, 9.17) is 11.3 Å². The Labute approximate surface area is 206 Å². The predicted molar refractivity (Wildman–Crippen MR) is 133 cm³/mol. The van der Waals surface area contributed by atoms with Crippen molar-refractivity contribution < 1.29 is 14.3 Å². The molecule has 0 spiro atoms. The second-order valence-electron chi connectivity index (χ2n) is 9.61. The number of nitrogens with zero attached hydrogens (tertiary/aromatic N) is 2. The number of hydrogen-bond acceptors (Lipinski definition) is 4. The van der Waals surface area contributed by atoms with E-state index in [0.717, 1.165) is 49.1 Å². The van der Waals surface area contributed by atoms with E-state index in [0.29, 0.717) is 36.3 Å². The summed E-state index contributed by atoms with van der Waals surface area (Å²) in [6.45, 7) is 12.1. The standard InChI is InChI=1S/C28H30N4O3/c1-18-7-14-25(27(33)31-18)32-17-20-15-22(12-13-23(20)28(32)34)35-26-6-4-3-5-24(26)30-16-19-8-10-21(29-2)11-9-19/h8-13,15,24-26,30H,1,3-7,14,16-17H2,(H,31,33)/t24-,25?,26-/m1/s1. The second-order valence-corrected chi connectivity index (χ2v) is 9.61. The van der Waals surface area contributed by atoms with Gasteiger partial charge in [0.25, 0.3) is 5.91 Å². The molecular formula is C28H30N4O3. The van der Waals surface area contributed by atoms with Gasteiger partial charge >= 0.3 is 0 Å². The summed E-state index contributed by atoms with van der Waals surface area (Å²) in [6, 6.07) is 13.1. The first-order chi connectivity index (χ1) is 17.0. The van der Waals surface area contributed by atoms with Gasteiger partial charge in [0.15, 0.2) is 5.69 Å². The van der Waals surface area contributed by atoms with E-state index >= 15 is 0 Å². The molecule has 2 fully saturated rings. The van der Waals surface area contributed by atoms with Crippen molar-refractivity contribution in [1.82, 2.24) is 15.5 Å². The van der Waals surface area contributed by atoms with Crippen LogP contribution in [0.3, 0.4) is 0 Å². The second kappa shape index (κ2) is 9.93. The first kappa shape index (κ1) is 23.1. The van der Waals surface area contributed by atoms with Crippen LogP contribution in [-0.2, 0) is 17.9 Å². The van der Waals surface area contributed by atoms with Crippen molar-refractivity contribution in [2.24, 2.45) is 0 Å². The molecule has 2 aromatic carbocycles. The van der Waals surface area contributed by atoms with Gasteiger partial charge in [-0.2, -0.15) is 0 Å². The summed E-state index contributed by atoms with van der Waals surface area (Å²) in [6.07, 6.45) is 5.65. The molecule has 35 heavy (non-hydrogen) atoms. The van der Waals surface area contributed by atoms with Crippen molar-refractivity contribution in [2.75, 3.05) is 0 Å². The molecular weight excluding hydrogens is 440 g/mol. The van der Waals surface area contributed by atoms with Gasteiger partial charge < -0.3 is 20.3 Å². The number of allylic oxidation sites excluding steroid dienone is 1. The molecule has 7 nitrogen and oxygen atoms in total. The van der Waals surface area contributed by atoms with E-state index < -0.39 is 6.04 Å². The van der Waals surface area contributed by atoms with Gasteiger partial charge in [0, 0.05) is 30.4 Å².